The van der Waals surface area contributed by atoms with E-state index in [9.17, 15) is 5.11 Å². The first-order valence-corrected chi connectivity index (χ1v) is 8.98. The van der Waals surface area contributed by atoms with E-state index in [2.05, 4.69) is 47.7 Å². The molecule has 2 aromatic carbocycles. The van der Waals surface area contributed by atoms with Crippen LogP contribution in [0.3, 0.4) is 0 Å². The summed E-state index contributed by atoms with van der Waals surface area (Å²) in [5.41, 5.74) is 4.59. The van der Waals surface area contributed by atoms with Crippen molar-refractivity contribution in [1.29, 1.82) is 0 Å². The number of benzene rings is 2. The van der Waals surface area contributed by atoms with Gasteiger partial charge in [-0.1, -0.05) is 35.9 Å². The lowest BCUT2D eigenvalue weighted by Gasteiger charge is -2.13. The molecule has 27 heavy (non-hydrogen) atoms. The molecular formula is C21H30IN3O2. The molecule has 0 atom stereocenters. The van der Waals surface area contributed by atoms with Crippen LogP contribution in [0.2, 0.25) is 0 Å². The Morgan fingerprint density at radius 1 is 1.11 bits per heavy atom. The molecule has 0 heterocycles. The van der Waals surface area contributed by atoms with E-state index in [4.69, 9.17) is 4.74 Å². The highest BCUT2D eigenvalue weighted by Gasteiger charge is 2.07. The van der Waals surface area contributed by atoms with Crippen LogP contribution in [-0.4, -0.2) is 31.3 Å². The van der Waals surface area contributed by atoms with Crippen LogP contribution >= 0.6 is 24.0 Å². The molecule has 6 heteroatoms. The fourth-order valence-corrected chi connectivity index (χ4v) is 2.78. The molecule has 0 unspecified atom stereocenters. The van der Waals surface area contributed by atoms with Crippen molar-refractivity contribution in [2.75, 3.05) is 20.2 Å². The Balaban J connectivity index is 0.00000364. The maximum absolute atomic E-state index is 10.2. The quantitative estimate of drug-likeness (QED) is 0.317. The first-order valence-electron chi connectivity index (χ1n) is 8.98. The number of rotatable bonds is 7. The fraction of sp³-hybridized carbons (Fsp3) is 0.381. The van der Waals surface area contributed by atoms with Crippen molar-refractivity contribution in [3.63, 3.8) is 0 Å². The van der Waals surface area contributed by atoms with Crippen LogP contribution in [-0.2, 0) is 13.0 Å². The maximum Gasteiger partial charge on any atom is 0.191 e. The van der Waals surface area contributed by atoms with Crippen molar-refractivity contribution in [2.24, 2.45) is 4.99 Å². The van der Waals surface area contributed by atoms with Crippen molar-refractivity contribution >= 4 is 29.9 Å². The third-order valence-corrected chi connectivity index (χ3v) is 4.24. The van der Waals surface area contributed by atoms with Gasteiger partial charge in [0.15, 0.2) is 17.5 Å². The van der Waals surface area contributed by atoms with Gasteiger partial charge < -0.3 is 20.5 Å². The number of phenols is 1. The molecule has 2 aromatic rings. The highest BCUT2D eigenvalue weighted by molar-refractivity contribution is 14.0. The largest absolute Gasteiger partial charge is 0.504 e. The number of aliphatic imine (C=N–C) groups is 1. The summed E-state index contributed by atoms with van der Waals surface area (Å²) >= 11 is 0. The van der Waals surface area contributed by atoms with Crippen LogP contribution in [0.4, 0.5) is 0 Å². The minimum absolute atomic E-state index is 0. The standard InChI is InChI=1S/C21H29N3O2.HI/c1-5-22-21(24-14-18-10-9-15(2)13-16(18)3)23-12-11-17-7-6-8-19(26-4)20(17)25;/h6-10,13,25H,5,11-12,14H2,1-4H3,(H2,22,23,24);1H. The number of hydrogen-bond donors (Lipinski definition) is 3. The molecule has 0 bridgehead atoms. The number of aromatic hydroxyl groups is 1. The summed E-state index contributed by atoms with van der Waals surface area (Å²) in [6.07, 6.45) is 0.678. The number of ether oxygens (including phenoxy) is 1. The normalized spacial score (nSPS) is 10.9. The summed E-state index contributed by atoms with van der Waals surface area (Å²) in [5.74, 6) is 1.47. The number of aryl methyl sites for hydroxylation is 2. The summed E-state index contributed by atoms with van der Waals surface area (Å²) in [4.78, 5) is 4.67. The summed E-state index contributed by atoms with van der Waals surface area (Å²) < 4.78 is 5.15. The van der Waals surface area contributed by atoms with E-state index in [1.54, 1.807) is 13.2 Å². The number of para-hydroxylation sites is 1. The fourth-order valence-electron chi connectivity index (χ4n) is 2.78. The number of nitrogens with zero attached hydrogens (tertiary/aromatic N) is 1. The molecule has 0 saturated carbocycles. The molecule has 0 aliphatic heterocycles. The molecule has 0 aliphatic rings. The third-order valence-electron chi connectivity index (χ3n) is 4.24. The number of halogens is 1. The van der Waals surface area contributed by atoms with Gasteiger partial charge in [-0.15, -0.1) is 24.0 Å². The van der Waals surface area contributed by atoms with Crippen LogP contribution in [0, 0.1) is 13.8 Å². The molecule has 0 spiro atoms. The second kappa shape index (κ2) is 11.7. The topological polar surface area (TPSA) is 65.9 Å². The average Bonchev–Trinajstić information content (AvgIpc) is 2.62. The predicted molar refractivity (Wildman–Crippen MR) is 123 cm³/mol. The van der Waals surface area contributed by atoms with Crippen LogP contribution in [0.25, 0.3) is 0 Å². The van der Waals surface area contributed by atoms with Crippen LogP contribution < -0.4 is 15.4 Å². The summed E-state index contributed by atoms with van der Waals surface area (Å²) in [7, 11) is 1.56. The number of hydrogen-bond acceptors (Lipinski definition) is 3. The summed E-state index contributed by atoms with van der Waals surface area (Å²) in [6.45, 7) is 8.35. The van der Waals surface area contributed by atoms with Crippen molar-refractivity contribution in [1.82, 2.24) is 10.6 Å². The smallest absolute Gasteiger partial charge is 0.191 e. The second-order valence-corrected chi connectivity index (χ2v) is 6.27. The van der Waals surface area contributed by atoms with Gasteiger partial charge in [0.05, 0.1) is 13.7 Å². The van der Waals surface area contributed by atoms with Gasteiger partial charge in [0.2, 0.25) is 0 Å². The van der Waals surface area contributed by atoms with Crippen molar-refractivity contribution in [2.45, 2.75) is 33.7 Å². The molecule has 0 saturated heterocycles. The van der Waals surface area contributed by atoms with Gasteiger partial charge in [0.1, 0.15) is 0 Å². The molecule has 2 rings (SSSR count). The van der Waals surface area contributed by atoms with Crippen molar-refractivity contribution in [3.8, 4) is 11.5 Å². The monoisotopic (exact) mass is 483 g/mol. The van der Waals surface area contributed by atoms with E-state index in [-0.39, 0.29) is 29.7 Å². The number of methoxy groups -OCH3 is 1. The lowest BCUT2D eigenvalue weighted by molar-refractivity contribution is 0.370. The first kappa shape index (κ1) is 23.1. The van der Waals surface area contributed by atoms with Gasteiger partial charge >= 0.3 is 0 Å². The zero-order chi connectivity index (χ0) is 18.9. The molecule has 0 fully saturated rings. The molecule has 0 radical (unpaired) electrons. The SMILES string of the molecule is CCNC(=NCc1ccc(C)cc1C)NCCc1cccc(OC)c1O.I. The van der Waals surface area contributed by atoms with Gasteiger partial charge in [-0.3, -0.25) is 0 Å². The average molecular weight is 483 g/mol. The number of guanidine groups is 1. The zero-order valence-corrected chi connectivity index (χ0v) is 18.8. The molecule has 5 nitrogen and oxygen atoms in total. The number of phenolic OH excluding ortho intramolecular Hbond substituents is 1. The molecule has 0 aromatic heterocycles. The molecule has 0 aliphatic carbocycles. The highest BCUT2D eigenvalue weighted by Crippen LogP contribution is 2.29. The van der Waals surface area contributed by atoms with E-state index in [1.165, 1.54) is 16.7 Å². The third kappa shape index (κ3) is 6.93. The highest BCUT2D eigenvalue weighted by atomic mass is 127. The molecule has 0 amide bonds. The molecule has 148 valence electrons. The van der Waals surface area contributed by atoms with Crippen molar-refractivity contribution < 1.29 is 9.84 Å². The van der Waals surface area contributed by atoms with Crippen LogP contribution in [0.15, 0.2) is 41.4 Å². The van der Waals surface area contributed by atoms with Gasteiger partial charge in [-0.05, 0) is 49.9 Å². The predicted octanol–water partition coefficient (Wildman–Crippen LogP) is 3.93. The van der Waals surface area contributed by atoms with E-state index in [0.717, 1.165) is 18.1 Å². The van der Waals surface area contributed by atoms with Crippen LogP contribution in [0.5, 0.6) is 11.5 Å². The van der Waals surface area contributed by atoms with E-state index in [1.807, 2.05) is 19.1 Å². The summed E-state index contributed by atoms with van der Waals surface area (Å²) in [6, 6.07) is 12.0. The van der Waals surface area contributed by atoms with Gasteiger partial charge in [0.25, 0.3) is 0 Å². The Morgan fingerprint density at radius 2 is 1.89 bits per heavy atom. The van der Waals surface area contributed by atoms with Gasteiger partial charge in [-0.2, -0.15) is 0 Å². The number of nitrogens with one attached hydrogen (secondary N) is 2. The van der Waals surface area contributed by atoms with E-state index in [0.29, 0.717) is 25.3 Å². The minimum Gasteiger partial charge on any atom is -0.504 e. The molecular weight excluding hydrogens is 453 g/mol. The van der Waals surface area contributed by atoms with E-state index < -0.39 is 0 Å². The lowest BCUT2D eigenvalue weighted by Crippen LogP contribution is -2.38. The zero-order valence-electron chi connectivity index (χ0n) is 16.5. The Labute approximate surface area is 179 Å². The minimum atomic E-state index is 0. The van der Waals surface area contributed by atoms with Crippen LogP contribution in [0.1, 0.15) is 29.2 Å². The van der Waals surface area contributed by atoms with E-state index >= 15 is 0 Å². The Morgan fingerprint density at radius 3 is 2.56 bits per heavy atom. The second-order valence-electron chi connectivity index (χ2n) is 6.27. The Hall–Kier alpha value is -1.96. The summed E-state index contributed by atoms with van der Waals surface area (Å²) in [5, 5.41) is 16.7. The molecule has 3 N–H and O–H groups in total. The lowest BCUT2D eigenvalue weighted by atomic mass is 10.1. The van der Waals surface area contributed by atoms with Crippen molar-refractivity contribution in [3.05, 3.63) is 58.7 Å². The van der Waals surface area contributed by atoms with Gasteiger partial charge in [-0.25, -0.2) is 4.99 Å². The Kier molecular flexibility index (Phi) is 9.99. The maximum atomic E-state index is 10.2. The first-order chi connectivity index (χ1) is 12.5. The Bertz CT molecular complexity index is 763. The van der Waals surface area contributed by atoms with Gasteiger partial charge in [0, 0.05) is 13.1 Å².